The van der Waals surface area contributed by atoms with Crippen molar-refractivity contribution in [2.75, 3.05) is 18.8 Å². The van der Waals surface area contributed by atoms with E-state index in [0.717, 1.165) is 19.5 Å². The minimum absolute atomic E-state index is 0.115. The number of hydrogen-bond acceptors (Lipinski definition) is 2. The Morgan fingerprint density at radius 2 is 2.05 bits per heavy atom. The van der Waals surface area contributed by atoms with E-state index >= 15 is 0 Å². The second-order valence-corrected chi connectivity index (χ2v) is 6.15. The number of carbonyl (C=O) groups excluding carboxylic acids is 1. The molecule has 4 nitrogen and oxygen atoms in total. The number of likely N-dealkylation sites (tertiary alicyclic amines) is 1. The first-order valence-corrected chi connectivity index (χ1v) is 7.16. The Balaban J connectivity index is 2.20. The lowest BCUT2D eigenvalue weighted by atomic mass is 9.88. The summed E-state index contributed by atoms with van der Waals surface area (Å²) < 4.78 is 1.97. The number of nitrogens with two attached hydrogens (primary N) is 1. The van der Waals surface area contributed by atoms with Gasteiger partial charge in [-0.2, -0.15) is 0 Å². The Kier molecular flexibility index (Phi) is 3.88. The van der Waals surface area contributed by atoms with E-state index in [2.05, 4.69) is 27.7 Å². The number of amides is 1. The topological polar surface area (TPSA) is 51.3 Å². The third-order valence-electron chi connectivity index (χ3n) is 4.27. The molecule has 0 radical (unpaired) electrons. The van der Waals surface area contributed by atoms with Gasteiger partial charge in [0.05, 0.1) is 5.69 Å². The van der Waals surface area contributed by atoms with Crippen LogP contribution < -0.4 is 5.73 Å². The van der Waals surface area contributed by atoms with Crippen LogP contribution in [0.15, 0.2) is 12.3 Å². The van der Waals surface area contributed by atoms with Crippen molar-refractivity contribution in [2.45, 2.75) is 40.2 Å². The number of carbonyl (C=O) groups is 1. The van der Waals surface area contributed by atoms with Crippen LogP contribution in [0.2, 0.25) is 0 Å². The van der Waals surface area contributed by atoms with Crippen LogP contribution in [0.1, 0.15) is 50.6 Å². The van der Waals surface area contributed by atoms with Crippen molar-refractivity contribution in [3.8, 4) is 0 Å². The molecule has 0 spiro atoms. The van der Waals surface area contributed by atoms with Crippen molar-refractivity contribution in [3.63, 3.8) is 0 Å². The second kappa shape index (κ2) is 5.27. The maximum atomic E-state index is 12.6. The Morgan fingerprint density at radius 1 is 1.37 bits per heavy atom. The fourth-order valence-corrected chi connectivity index (χ4v) is 2.71. The highest BCUT2D eigenvalue weighted by molar-refractivity contribution is 5.94. The van der Waals surface area contributed by atoms with E-state index in [0.29, 0.717) is 23.2 Å². The number of anilines is 1. The zero-order valence-electron chi connectivity index (χ0n) is 12.4. The lowest BCUT2D eigenvalue weighted by molar-refractivity contribution is 0.0615. The summed E-state index contributed by atoms with van der Waals surface area (Å²) in [6, 6.07) is 2.04. The first kappa shape index (κ1) is 14.0. The Morgan fingerprint density at radius 3 is 2.63 bits per heavy atom. The molecule has 1 aromatic rings. The van der Waals surface area contributed by atoms with Gasteiger partial charge in [-0.15, -0.1) is 0 Å². The molecule has 1 amide bonds. The van der Waals surface area contributed by atoms with Gasteiger partial charge in [0, 0.05) is 25.3 Å². The molecule has 106 valence electrons. The minimum Gasteiger partial charge on any atom is -0.397 e. The smallest absolute Gasteiger partial charge is 0.270 e. The summed E-state index contributed by atoms with van der Waals surface area (Å²) in [5, 5.41) is 0. The summed E-state index contributed by atoms with van der Waals surface area (Å²) in [5.41, 5.74) is 7.22. The molecule has 2 unspecified atom stereocenters. The highest BCUT2D eigenvalue weighted by Crippen LogP contribution is 2.25. The zero-order valence-corrected chi connectivity index (χ0v) is 12.4. The molecule has 2 N–H and O–H groups in total. The number of nitrogen functional groups attached to an aromatic ring is 1. The Bertz CT molecular complexity index is 464. The van der Waals surface area contributed by atoms with E-state index < -0.39 is 0 Å². The molecule has 0 aromatic carbocycles. The van der Waals surface area contributed by atoms with Crippen LogP contribution in [0.25, 0.3) is 0 Å². The molecule has 0 bridgehead atoms. The molecule has 0 aliphatic carbocycles. The number of aromatic nitrogens is 1. The maximum absolute atomic E-state index is 12.6. The standard InChI is InChI=1S/C15H25N3O/c1-10(2)18-9-13(16)7-14(18)15(19)17-6-5-11(3)12(4)8-17/h7,9-12H,5-6,8,16H2,1-4H3. The molecule has 1 aliphatic heterocycles. The van der Waals surface area contributed by atoms with Crippen LogP contribution in [0.4, 0.5) is 5.69 Å². The number of piperidine rings is 1. The highest BCUT2D eigenvalue weighted by Gasteiger charge is 2.28. The first-order chi connectivity index (χ1) is 8.90. The van der Waals surface area contributed by atoms with Crippen LogP contribution in [0.5, 0.6) is 0 Å². The SMILES string of the molecule is CC1CCN(C(=O)c2cc(N)cn2C(C)C)CC1C. The summed E-state index contributed by atoms with van der Waals surface area (Å²) in [6.07, 6.45) is 2.94. The van der Waals surface area contributed by atoms with Crippen molar-refractivity contribution in [2.24, 2.45) is 11.8 Å². The normalized spacial score (nSPS) is 23.9. The van der Waals surface area contributed by atoms with Crippen LogP contribution in [0.3, 0.4) is 0 Å². The quantitative estimate of drug-likeness (QED) is 0.892. The molecule has 2 atom stereocenters. The third-order valence-corrected chi connectivity index (χ3v) is 4.27. The minimum atomic E-state index is 0.115. The third kappa shape index (κ3) is 2.77. The molecule has 1 fully saturated rings. The Hall–Kier alpha value is -1.45. The molecular weight excluding hydrogens is 238 g/mol. The van der Waals surface area contributed by atoms with Gasteiger partial charge in [0.2, 0.25) is 0 Å². The monoisotopic (exact) mass is 263 g/mol. The van der Waals surface area contributed by atoms with E-state index in [9.17, 15) is 4.79 Å². The van der Waals surface area contributed by atoms with Gasteiger partial charge >= 0.3 is 0 Å². The van der Waals surface area contributed by atoms with Gasteiger partial charge in [-0.1, -0.05) is 13.8 Å². The fraction of sp³-hybridized carbons (Fsp3) is 0.667. The van der Waals surface area contributed by atoms with E-state index in [4.69, 9.17) is 5.73 Å². The molecule has 2 heterocycles. The molecule has 1 aliphatic rings. The second-order valence-electron chi connectivity index (χ2n) is 6.15. The molecule has 4 heteroatoms. The largest absolute Gasteiger partial charge is 0.397 e. The fourth-order valence-electron chi connectivity index (χ4n) is 2.71. The van der Waals surface area contributed by atoms with Crippen molar-refractivity contribution in [1.82, 2.24) is 9.47 Å². The summed E-state index contributed by atoms with van der Waals surface area (Å²) in [7, 11) is 0. The highest BCUT2D eigenvalue weighted by atomic mass is 16.2. The van der Waals surface area contributed by atoms with Gasteiger partial charge in [-0.3, -0.25) is 4.79 Å². The Labute approximate surface area is 115 Å². The molecule has 0 saturated carbocycles. The van der Waals surface area contributed by atoms with Crippen molar-refractivity contribution >= 4 is 11.6 Å². The van der Waals surface area contributed by atoms with Crippen molar-refractivity contribution in [3.05, 3.63) is 18.0 Å². The summed E-state index contributed by atoms with van der Waals surface area (Å²) in [4.78, 5) is 14.6. The zero-order chi connectivity index (χ0) is 14.2. The average Bonchev–Trinajstić information content (AvgIpc) is 2.74. The van der Waals surface area contributed by atoms with Crippen molar-refractivity contribution in [1.29, 1.82) is 0 Å². The molecule has 2 rings (SSSR count). The van der Waals surface area contributed by atoms with Gasteiger partial charge in [-0.05, 0) is 38.2 Å². The predicted octanol–water partition coefficient (Wildman–Crippen LogP) is 2.77. The van der Waals surface area contributed by atoms with E-state index in [1.165, 1.54) is 0 Å². The lowest BCUT2D eigenvalue weighted by Crippen LogP contribution is -2.42. The molecular formula is C15H25N3O. The van der Waals surface area contributed by atoms with Crippen LogP contribution in [0, 0.1) is 11.8 Å². The molecule has 19 heavy (non-hydrogen) atoms. The number of nitrogens with zero attached hydrogens (tertiary/aromatic N) is 2. The number of rotatable bonds is 2. The summed E-state index contributed by atoms with van der Waals surface area (Å²) >= 11 is 0. The van der Waals surface area contributed by atoms with Gasteiger partial charge in [0.1, 0.15) is 5.69 Å². The molecule has 1 aromatic heterocycles. The van der Waals surface area contributed by atoms with E-state index in [1.807, 2.05) is 15.7 Å². The first-order valence-electron chi connectivity index (χ1n) is 7.16. The van der Waals surface area contributed by atoms with Gasteiger partial charge < -0.3 is 15.2 Å². The predicted molar refractivity (Wildman–Crippen MR) is 78.1 cm³/mol. The van der Waals surface area contributed by atoms with Gasteiger partial charge in [-0.25, -0.2) is 0 Å². The van der Waals surface area contributed by atoms with E-state index in [-0.39, 0.29) is 11.9 Å². The van der Waals surface area contributed by atoms with Gasteiger partial charge in [0.25, 0.3) is 5.91 Å². The number of hydrogen-bond donors (Lipinski definition) is 1. The summed E-state index contributed by atoms with van der Waals surface area (Å²) in [5.74, 6) is 1.38. The van der Waals surface area contributed by atoms with Crippen LogP contribution in [-0.4, -0.2) is 28.5 Å². The van der Waals surface area contributed by atoms with E-state index in [1.54, 1.807) is 6.07 Å². The molecule has 1 saturated heterocycles. The lowest BCUT2D eigenvalue weighted by Gasteiger charge is -2.35. The van der Waals surface area contributed by atoms with Gasteiger partial charge in [0.15, 0.2) is 0 Å². The van der Waals surface area contributed by atoms with Crippen LogP contribution >= 0.6 is 0 Å². The van der Waals surface area contributed by atoms with Crippen molar-refractivity contribution < 1.29 is 4.79 Å². The average molecular weight is 263 g/mol. The maximum Gasteiger partial charge on any atom is 0.270 e. The summed E-state index contributed by atoms with van der Waals surface area (Å²) in [6.45, 7) is 10.3. The van der Waals surface area contributed by atoms with Crippen LogP contribution in [-0.2, 0) is 0 Å².